The van der Waals surface area contributed by atoms with Crippen molar-refractivity contribution in [2.45, 2.75) is 26.2 Å². The Hall–Kier alpha value is -2.42. The first-order valence-electron chi connectivity index (χ1n) is 7.28. The van der Waals surface area contributed by atoms with Crippen LogP contribution in [0.4, 0.5) is 0 Å². The molecule has 0 atom stereocenters. The molecule has 2 rings (SSSR count). The summed E-state index contributed by atoms with van der Waals surface area (Å²) in [6, 6.07) is 19.7. The second-order valence-corrected chi connectivity index (χ2v) is 4.83. The van der Waals surface area contributed by atoms with Crippen LogP contribution >= 0.6 is 0 Å². The van der Waals surface area contributed by atoms with Gasteiger partial charge >= 0.3 is 0 Å². The van der Waals surface area contributed by atoms with Gasteiger partial charge in [-0.25, -0.2) is 5.43 Å². The maximum Gasteiger partial charge on any atom is 0.240 e. The largest absolute Gasteiger partial charge is 0.273 e. The highest BCUT2D eigenvalue weighted by molar-refractivity contribution is 6.13. The van der Waals surface area contributed by atoms with Gasteiger partial charge in [0.1, 0.15) is 0 Å². The van der Waals surface area contributed by atoms with Crippen LogP contribution in [0.2, 0.25) is 0 Å². The number of hydrazone groups is 1. The Morgan fingerprint density at radius 1 is 0.952 bits per heavy atom. The van der Waals surface area contributed by atoms with Gasteiger partial charge in [0.05, 0.1) is 5.71 Å². The van der Waals surface area contributed by atoms with Crippen molar-refractivity contribution in [2.75, 3.05) is 0 Å². The predicted octanol–water partition coefficient (Wildman–Crippen LogP) is 3.75. The van der Waals surface area contributed by atoms with E-state index in [-0.39, 0.29) is 5.91 Å². The van der Waals surface area contributed by atoms with E-state index in [0.717, 1.165) is 29.7 Å². The molecule has 1 amide bonds. The standard InChI is InChI=1S/C18H20N2O/c1-2-3-14-17(21)19-20-18(15-10-6-4-7-11-15)16-12-8-5-9-13-16/h4-13H,2-3,14H2,1H3,(H,19,21). The van der Waals surface area contributed by atoms with Crippen LogP contribution in [-0.2, 0) is 4.79 Å². The van der Waals surface area contributed by atoms with Crippen molar-refractivity contribution in [3.05, 3.63) is 71.8 Å². The van der Waals surface area contributed by atoms with Crippen molar-refractivity contribution in [2.24, 2.45) is 5.10 Å². The first-order valence-corrected chi connectivity index (χ1v) is 7.28. The molecule has 2 aromatic carbocycles. The molecule has 0 aliphatic heterocycles. The van der Waals surface area contributed by atoms with Gasteiger partial charge in [-0.15, -0.1) is 0 Å². The number of benzene rings is 2. The molecule has 1 N–H and O–H groups in total. The average molecular weight is 280 g/mol. The summed E-state index contributed by atoms with van der Waals surface area (Å²) in [6.45, 7) is 2.07. The number of carbonyl (C=O) groups excluding carboxylic acids is 1. The summed E-state index contributed by atoms with van der Waals surface area (Å²) in [7, 11) is 0. The minimum atomic E-state index is -0.0405. The molecular formula is C18H20N2O. The van der Waals surface area contributed by atoms with Crippen LogP contribution in [-0.4, -0.2) is 11.6 Å². The molecule has 0 saturated heterocycles. The molecule has 3 nitrogen and oxygen atoms in total. The number of nitrogens with one attached hydrogen (secondary N) is 1. The highest BCUT2D eigenvalue weighted by Crippen LogP contribution is 2.10. The smallest absolute Gasteiger partial charge is 0.240 e. The molecule has 0 heterocycles. The van der Waals surface area contributed by atoms with Gasteiger partial charge in [-0.2, -0.15) is 5.10 Å². The lowest BCUT2D eigenvalue weighted by Gasteiger charge is -2.07. The van der Waals surface area contributed by atoms with Crippen LogP contribution in [0.3, 0.4) is 0 Å². The molecule has 0 radical (unpaired) electrons. The van der Waals surface area contributed by atoms with E-state index >= 15 is 0 Å². The third-order valence-corrected chi connectivity index (χ3v) is 3.14. The Kier molecular flexibility index (Phi) is 5.71. The lowest BCUT2D eigenvalue weighted by atomic mass is 10.0. The van der Waals surface area contributed by atoms with Gasteiger partial charge in [-0.05, 0) is 6.42 Å². The first kappa shape index (κ1) is 15.0. The van der Waals surface area contributed by atoms with Gasteiger partial charge in [-0.3, -0.25) is 4.79 Å². The molecule has 0 spiro atoms. The van der Waals surface area contributed by atoms with Gasteiger partial charge in [0.15, 0.2) is 0 Å². The molecule has 0 unspecified atom stereocenters. The van der Waals surface area contributed by atoms with Gasteiger partial charge in [0, 0.05) is 17.5 Å². The second-order valence-electron chi connectivity index (χ2n) is 4.83. The van der Waals surface area contributed by atoms with Crippen LogP contribution in [0, 0.1) is 0 Å². The second kappa shape index (κ2) is 8.00. The fraction of sp³-hybridized carbons (Fsp3) is 0.222. The quantitative estimate of drug-likeness (QED) is 0.635. The fourth-order valence-corrected chi connectivity index (χ4v) is 2.00. The van der Waals surface area contributed by atoms with E-state index < -0.39 is 0 Å². The number of hydrogen-bond acceptors (Lipinski definition) is 2. The van der Waals surface area contributed by atoms with Crippen LogP contribution < -0.4 is 5.43 Å². The van der Waals surface area contributed by atoms with E-state index in [0.29, 0.717) is 6.42 Å². The summed E-state index contributed by atoms with van der Waals surface area (Å²) in [4.78, 5) is 11.8. The highest BCUT2D eigenvalue weighted by Gasteiger charge is 2.07. The normalized spacial score (nSPS) is 9.95. The zero-order chi connectivity index (χ0) is 14.9. The third-order valence-electron chi connectivity index (χ3n) is 3.14. The fourth-order valence-electron chi connectivity index (χ4n) is 2.00. The van der Waals surface area contributed by atoms with Gasteiger partial charge in [0.2, 0.25) is 5.91 Å². The van der Waals surface area contributed by atoms with E-state index in [2.05, 4.69) is 17.5 Å². The summed E-state index contributed by atoms with van der Waals surface area (Å²) in [5.74, 6) is -0.0405. The van der Waals surface area contributed by atoms with E-state index in [4.69, 9.17) is 0 Å². The van der Waals surface area contributed by atoms with E-state index in [1.807, 2.05) is 60.7 Å². The molecule has 3 heteroatoms. The third kappa shape index (κ3) is 4.56. The minimum absolute atomic E-state index is 0.0405. The number of hydrogen-bond donors (Lipinski definition) is 1. The monoisotopic (exact) mass is 280 g/mol. The molecule has 108 valence electrons. The Balaban J connectivity index is 2.23. The number of carbonyl (C=O) groups is 1. The van der Waals surface area contributed by atoms with E-state index in [1.165, 1.54) is 0 Å². The van der Waals surface area contributed by atoms with Crippen molar-refractivity contribution in [1.29, 1.82) is 0 Å². The van der Waals surface area contributed by atoms with Crippen molar-refractivity contribution < 1.29 is 4.79 Å². The summed E-state index contributed by atoms with van der Waals surface area (Å²) < 4.78 is 0. The Morgan fingerprint density at radius 3 is 1.95 bits per heavy atom. The molecule has 0 saturated carbocycles. The van der Waals surface area contributed by atoms with Crippen LogP contribution in [0.1, 0.15) is 37.3 Å². The lowest BCUT2D eigenvalue weighted by Crippen LogP contribution is -2.20. The molecule has 0 aliphatic carbocycles. The van der Waals surface area contributed by atoms with Crippen LogP contribution in [0.5, 0.6) is 0 Å². The van der Waals surface area contributed by atoms with Crippen molar-refractivity contribution in [3.63, 3.8) is 0 Å². The molecule has 2 aromatic rings. The van der Waals surface area contributed by atoms with Gasteiger partial charge < -0.3 is 0 Å². The predicted molar refractivity (Wildman–Crippen MR) is 86.2 cm³/mol. The Morgan fingerprint density at radius 2 is 1.48 bits per heavy atom. The molecule has 0 fully saturated rings. The van der Waals surface area contributed by atoms with Gasteiger partial charge in [-0.1, -0.05) is 74.0 Å². The molecule has 0 bridgehead atoms. The maximum absolute atomic E-state index is 11.8. The zero-order valence-corrected chi connectivity index (χ0v) is 12.3. The molecular weight excluding hydrogens is 260 g/mol. The molecule has 21 heavy (non-hydrogen) atoms. The van der Waals surface area contributed by atoms with Crippen LogP contribution in [0.25, 0.3) is 0 Å². The summed E-state index contributed by atoms with van der Waals surface area (Å²) in [5.41, 5.74) is 5.41. The highest BCUT2D eigenvalue weighted by atomic mass is 16.2. The SMILES string of the molecule is CCCCC(=O)NN=C(c1ccccc1)c1ccccc1. The lowest BCUT2D eigenvalue weighted by molar-refractivity contribution is -0.121. The number of rotatable bonds is 6. The van der Waals surface area contributed by atoms with Crippen LogP contribution in [0.15, 0.2) is 65.8 Å². The number of nitrogens with zero attached hydrogens (tertiary/aromatic N) is 1. The number of unbranched alkanes of at least 4 members (excludes halogenated alkanes) is 1. The Labute approximate surface area is 125 Å². The van der Waals surface area contributed by atoms with Crippen molar-refractivity contribution >= 4 is 11.6 Å². The summed E-state index contributed by atoms with van der Waals surface area (Å²) in [5, 5.41) is 4.33. The van der Waals surface area contributed by atoms with Gasteiger partial charge in [0.25, 0.3) is 0 Å². The summed E-state index contributed by atoms with van der Waals surface area (Å²) >= 11 is 0. The summed E-state index contributed by atoms with van der Waals surface area (Å²) in [6.07, 6.45) is 2.39. The zero-order valence-electron chi connectivity index (χ0n) is 12.3. The Bertz CT molecular complexity index is 550. The average Bonchev–Trinajstić information content (AvgIpc) is 2.55. The molecule has 0 aliphatic rings. The first-order chi connectivity index (χ1) is 10.3. The maximum atomic E-state index is 11.8. The topological polar surface area (TPSA) is 41.5 Å². The number of amides is 1. The minimum Gasteiger partial charge on any atom is -0.273 e. The van der Waals surface area contributed by atoms with E-state index in [9.17, 15) is 4.79 Å². The van der Waals surface area contributed by atoms with Crippen molar-refractivity contribution in [1.82, 2.24) is 5.43 Å². The van der Waals surface area contributed by atoms with E-state index in [1.54, 1.807) is 0 Å². The van der Waals surface area contributed by atoms with Crippen molar-refractivity contribution in [3.8, 4) is 0 Å². The molecule has 0 aromatic heterocycles.